The number of amides is 1. The van der Waals surface area contributed by atoms with E-state index in [1.807, 2.05) is 88.0 Å². The first-order valence-electron chi connectivity index (χ1n) is 27.9. The van der Waals surface area contributed by atoms with Gasteiger partial charge in [-0.1, -0.05) is 220 Å². The Morgan fingerprint density at radius 3 is 1.52 bits per heavy atom. The highest BCUT2D eigenvalue weighted by atomic mass is 31.2. The molecule has 71 heavy (non-hydrogen) atoms. The summed E-state index contributed by atoms with van der Waals surface area (Å²) < 4.78 is 30.1. The number of nitrogens with zero attached hydrogens (tertiary/aromatic N) is 1. The highest BCUT2D eigenvalue weighted by molar-refractivity contribution is 7.45. The second kappa shape index (κ2) is 50.0. The fourth-order valence-corrected chi connectivity index (χ4v) is 7.93. The van der Waals surface area contributed by atoms with E-state index in [9.17, 15) is 19.0 Å². The third kappa shape index (κ3) is 51.1. The molecular weight excluding hydrogens is 904 g/mol. The predicted octanol–water partition coefficient (Wildman–Crippen LogP) is 16.1. The maximum Gasteiger partial charge on any atom is 0.306 e. The van der Waals surface area contributed by atoms with E-state index in [0.29, 0.717) is 23.9 Å². The van der Waals surface area contributed by atoms with E-state index >= 15 is 0 Å². The number of hydrogen-bond donors (Lipinski definition) is 1. The molecule has 0 radical (unpaired) electrons. The minimum absolute atomic E-state index is 0.0417. The largest absolute Gasteiger partial charge is 0.756 e. The summed E-state index contributed by atoms with van der Waals surface area (Å²) in [4.78, 5) is 39.8. The Bertz CT molecular complexity index is 1630. The summed E-state index contributed by atoms with van der Waals surface area (Å²) in [6, 6.07) is -0.926. The zero-order valence-electron chi connectivity index (χ0n) is 45.9. The van der Waals surface area contributed by atoms with Gasteiger partial charge in [-0.05, 0) is 89.5 Å². The van der Waals surface area contributed by atoms with Gasteiger partial charge in [0.1, 0.15) is 19.3 Å². The molecule has 0 aromatic rings. The van der Waals surface area contributed by atoms with E-state index in [-0.39, 0.29) is 25.4 Å². The van der Waals surface area contributed by atoms with E-state index in [2.05, 4.69) is 74.7 Å². The number of allylic oxidation sites excluding steroid dienone is 19. The highest BCUT2D eigenvalue weighted by Gasteiger charge is 2.27. The zero-order valence-corrected chi connectivity index (χ0v) is 46.8. The van der Waals surface area contributed by atoms with Crippen molar-refractivity contribution >= 4 is 19.7 Å². The molecule has 0 heterocycles. The summed E-state index contributed by atoms with van der Waals surface area (Å²) in [5, 5.41) is 2.99. The van der Waals surface area contributed by atoms with Gasteiger partial charge in [-0.25, -0.2) is 0 Å². The van der Waals surface area contributed by atoms with Crippen LogP contribution in [-0.2, 0) is 27.9 Å². The number of ether oxygens (including phenoxy) is 1. The van der Waals surface area contributed by atoms with Crippen LogP contribution < -0.4 is 10.2 Å². The van der Waals surface area contributed by atoms with E-state index in [1.165, 1.54) is 70.6 Å². The quantitative estimate of drug-likeness (QED) is 0.0161. The minimum atomic E-state index is -4.72. The van der Waals surface area contributed by atoms with Crippen LogP contribution in [-0.4, -0.2) is 69.4 Å². The Kier molecular flexibility index (Phi) is 47.4. The SMILES string of the molecule is CC\C=C/C=C/C=C/C=C\C=C\C=C\CCCCCC(=O)OC(/C=C/CCCCCCCCCCC)C(COP(=O)([O-])OCC[N+](C)(C)C)NC(=O)CCCCCC/C=C\C/C=C\C/C=C\CCCCC. The van der Waals surface area contributed by atoms with Crippen LogP contribution >= 0.6 is 7.82 Å². The number of carbonyl (C=O) groups excluding carboxylic acids is 2. The second-order valence-corrected chi connectivity index (χ2v) is 20.9. The Morgan fingerprint density at radius 1 is 0.521 bits per heavy atom. The standard InChI is InChI=1S/C61H103N2O7P/c1-7-10-13-16-19-22-25-27-29-31-33-35-38-41-44-47-50-53-60(64)62-58(57-69-71(66,67)68-56-55-63(4,5)6)59(52-49-46-43-40-37-24-21-18-15-12-9-3)70-61(65)54-51-48-45-42-39-36-34-32-30-28-26-23-20-17-14-11-8-2/h11,14,17,19-20,22-23,26-30,32-36,39,49,52,58-59H,7-10,12-13,15-16,18,21,24-25,31,37-38,40-48,50-51,53-57H2,1-6H3,(H-,62,64,66,67)/b14-11-,20-17+,22-19-,26-23+,29-27-,30-28-,34-32+,35-33-,39-36+,52-49+. The third-order valence-electron chi connectivity index (χ3n) is 11.5. The average Bonchev–Trinajstić information content (AvgIpc) is 3.33. The van der Waals surface area contributed by atoms with Crippen LogP contribution in [0.3, 0.4) is 0 Å². The van der Waals surface area contributed by atoms with Crippen molar-refractivity contribution in [3.63, 3.8) is 0 Å². The molecule has 0 aliphatic rings. The third-order valence-corrected chi connectivity index (χ3v) is 12.5. The number of esters is 1. The lowest BCUT2D eigenvalue weighted by molar-refractivity contribution is -0.870. The maximum atomic E-state index is 13.5. The first-order chi connectivity index (χ1) is 34.4. The van der Waals surface area contributed by atoms with E-state index in [4.69, 9.17) is 13.8 Å². The van der Waals surface area contributed by atoms with E-state index in [1.54, 1.807) is 6.08 Å². The number of quaternary nitrogens is 1. The summed E-state index contributed by atoms with van der Waals surface area (Å²) in [5.41, 5.74) is 0. The fraction of sp³-hybridized carbons (Fsp3) is 0.639. The van der Waals surface area contributed by atoms with Crippen molar-refractivity contribution in [2.75, 3.05) is 40.9 Å². The lowest BCUT2D eigenvalue weighted by Gasteiger charge is -2.30. The molecule has 9 nitrogen and oxygen atoms in total. The summed E-state index contributed by atoms with van der Waals surface area (Å²) in [5.74, 6) is -0.630. The molecule has 0 fully saturated rings. The van der Waals surface area contributed by atoms with Gasteiger partial charge in [0.05, 0.1) is 33.8 Å². The molecule has 0 rings (SSSR count). The molecule has 0 bridgehead atoms. The average molecular weight is 1010 g/mol. The van der Waals surface area contributed by atoms with Crippen molar-refractivity contribution in [1.82, 2.24) is 5.32 Å². The van der Waals surface area contributed by atoms with Crippen molar-refractivity contribution in [3.05, 3.63) is 122 Å². The first kappa shape index (κ1) is 67.4. The number of phosphoric ester groups is 1. The highest BCUT2D eigenvalue weighted by Crippen LogP contribution is 2.38. The van der Waals surface area contributed by atoms with Crippen LogP contribution in [0.5, 0.6) is 0 Å². The Labute approximate surface area is 435 Å². The normalized spacial score (nSPS) is 14.7. The summed E-state index contributed by atoms with van der Waals surface area (Å²) >= 11 is 0. The van der Waals surface area contributed by atoms with Crippen LogP contribution in [0, 0.1) is 0 Å². The number of nitrogens with one attached hydrogen (secondary N) is 1. The molecule has 0 aliphatic carbocycles. The molecule has 0 saturated carbocycles. The number of unbranched alkanes of at least 4 members (excludes halogenated alkanes) is 19. The van der Waals surface area contributed by atoms with Crippen molar-refractivity contribution in [1.29, 1.82) is 0 Å². The predicted molar refractivity (Wildman–Crippen MR) is 302 cm³/mol. The minimum Gasteiger partial charge on any atom is -0.756 e. The number of rotatable bonds is 48. The Hall–Kier alpha value is -3.59. The van der Waals surface area contributed by atoms with E-state index < -0.39 is 32.5 Å². The first-order valence-corrected chi connectivity index (χ1v) is 29.4. The molecule has 3 unspecified atom stereocenters. The molecule has 3 atom stereocenters. The van der Waals surface area contributed by atoms with Crippen LogP contribution in [0.1, 0.15) is 201 Å². The fourth-order valence-electron chi connectivity index (χ4n) is 7.20. The molecule has 10 heteroatoms. The summed E-state index contributed by atoms with van der Waals surface area (Å²) in [6.45, 7) is 6.58. The van der Waals surface area contributed by atoms with Crippen LogP contribution in [0.25, 0.3) is 0 Å². The van der Waals surface area contributed by atoms with Gasteiger partial charge in [0.25, 0.3) is 7.82 Å². The molecular formula is C61H103N2O7P. The van der Waals surface area contributed by atoms with Gasteiger partial charge in [0, 0.05) is 12.8 Å². The smallest absolute Gasteiger partial charge is 0.306 e. The Balaban J connectivity index is 5.50. The van der Waals surface area contributed by atoms with Crippen LogP contribution in [0.4, 0.5) is 0 Å². The topological polar surface area (TPSA) is 114 Å². The maximum absolute atomic E-state index is 13.5. The number of likely N-dealkylation sites (N-methyl/N-ethyl adjacent to an activating group) is 1. The monoisotopic (exact) mass is 1010 g/mol. The van der Waals surface area contributed by atoms with Crippen molar-refractivity contribution in [2.24, 2.45) is 0 Å². The molecule has 0 saturated heterocycles. The number of hydrogen-bond acceptors (Lipinski definition) is 7. The lowest BCUT2D eigenvalue weighted by atomic mass is 10.1. The van der Waals surface area contributed by atoms with Gasteiger partial charge in [0.2, 0.25) is 5.91 Å². The van der Waals surface area contributed by atoms with Crippen LogP contribution in [0.15, 0.2) is 122 Å². The van der Waals surface area contributed by atoms with Crippen molar-refractivity contribution in [2.45, 2.75) is 213 Å². The molecule has 0 aliphatic heterocycles. The number of carbonyl (C=O) groups is 2. The summed E-state index contributed by atoms with van der Waals surface area (Å²) in [6.07, 6.45) is 68.7. The van der Waals surface area contributed by atoms with Crippen molar-refractivity contribution < 1.29 is 37.3 Å². The van der Waals surface area contributed by atoms with Crippen LogP contribution in [0.2, 0.25) is 0 Å². The molecule has 404 valence electrons. The molecule has 1 amide bonds. The van der Waals surface area contributed by atoms with Gasteiger partial charge in [-0.15, -0.1) is 0 Å². The zero-order chi connectivity index (χ0) is 52.2. The van der Waals surface area contributed by atoms with Gasteiger partial charge in [-0.2, -0.15) is 0 Å². The van der Waals surface area contributed by atoms with Crippen molar-refractivity contribution in [3.8, 4) is 0 Å². The van der Waals surface area contributed by atoms with Gasteiger partial charge in [0.15, 0.2) is 0 Å². The van der Waals surface area contributed by atoms with Gasteiger partial charge >= 0.3 is 5.97 Å². The molecule has 0 aromatic heterocycles. The number of phosphoric acid groups is 1. The summed E-state index contributed by atoms with van der Waals surface area (Å²) in [7, 11) is 1.12. The van der Waals surface area contributed by atoms with Gasteiger partial charge < -0.3 is 28.5 Å². The van der Waals surface area contributed by atoms with Gasteiger partial charge in [-0.3, -0.25) is 14.2 Å². The second-order valence-electron chi connectivity index (χ2n) is 19.5. The molecule has 0 spiro atoms. The Morgan fingerprint density at radius 2 is 0.958 bits per heavy atom. The lowest BCUT2D eigenvalue weighted by Crippen LogP contribution is -2.47. The van der Waals surface area contributed by atoms with E-state index in [0.717, 1.165) is 83.5 Å². The molecule has 1 N–H and O–H groups in total. The molecule has 0 aromatic carbocycles.